The minimum absolute atomic E-state index is 0.345. The quantitative estimate of drug-likeness (QED) is 0.440. The van der Waals surface area contributed by atoms with Crippen LogP contribution in [0.4, 0.5) is 0 Å². The van der Waals surface area contributed by atoms with Gasteiger partial charge in [0.2, 0.25) is 0 Å². The second-order valence-electron chi connectivity index (χ2n) is 5.25. The summed E-state index contributed by atoms with van der Waals surface area (Å²) in [6.45, 7) is 0. The fourth-order valence-electron chi connectivity index (χ4n) is 2.47. The van der Waals surface area contributed by atoms with E-state index in [9.17, 15) is 4.79 Å². The number of carbonyl (C=O) groups excluding carboxylic acids is 1. The van der Waals surface area contributed by atoms with Gasteiger partial charge in [-0.15, -0.1) is 0 Å². The summed E-state index contributed by atoms with van der Waals surface area (Å²) in [6.07, 6.45) is 0. The average Bonchev–Trinajstić information content (AvgIpc) is 2.60. The Bertz CT molecular complexity index is 793. The van der Waals surface area contributed by atoms with Crippen LogP contribution in [0.25, 0.3) is 0 Å². The van der Waals surface area contributed by atoms with Gasteiger partial charge >= 0.3 is 5.97 Å². The van der Waals surface area contributed by atoms with Crippen molar-refractivity contribution in [2.75, 3.05) is 0 Å². The Labute approximate surface area is 150 Å². The van der Waals surface area contributed by atoms with Gasteiger partial charge in [-0.05, 0) is 23.3 Å². The summed E-state index contributed by atoms with van der Waals surface area (Å²) in [5, 5.41) is 0.761. The van der Waals surface area contributed by atoms with Crippen LogP contribution in [-0.4, -0.2) is 5.97 Å². The van der Waals surface area contributed by atoms with Gasteiger partial charge in [0.25, 0.3) is 0 Å². The molecule has 0 heterocycles. The predicted octanol–water partition coefficient (Wildman–Crippen LogP) is 5.73. The summed E-state index contributed by atoms with van der Waals surface area (Å²) in [6, 6.07) is 23.8. The third-order valence-corrected chi connectivity index (χ3v) is 4.35. The van der Waals surface area contributed by atoms with Crippen LogP contribution in [0.1, 0.15) is 17.0 Å². The first-order chi connectivity index (χ1) is 11.6. The van der Waals surface area contributed by atoms with E-state index in [-0.39, 0.29) is 5.97 Å². The lowest BCUT2D eigenvalue weighted by molar-refractivity contribution is -0.135. The first-order valence-corrected chi connectivity index (χ1v) is 8.17. The summed E-state index contributed by atoms with van der Waals surface area (Å²) in [4.78, 5) is 12.8. The smallest absolute Gasteiger partial charge is 0.323 e. The molecule has 0 radical (unpaired) electrons. The van der Waals surface area contributed by atoms with Gasteiger partial charge in [0.05, 0.1) is 10.0 Å². The molecule has 120 valence electrons. The van der Waals surface area contributed by atoms with E-state index in [1.165, 1.54) is 6.07 Å². The molecule has 0 atom stereocenters. The summed E-state index contributed by atoms with van der Waals surface area (Å²) >= 11 is 11.9. The van der Waals surface area contributed by atoms with Gasteiger partial charge in [-0.25, -0.2) is 0 Å². The van der Waals surface area contributed by atoms with Crippen molar-refractivity contribution in [3.8, 4) is 5.75 Å². The van der Waals surface area contributed by atoms with Gasteiger partial charge in [0.1, 0.15) is 11.7 Å². The lowest BCUT2D eigenvalue weighted by Crippen LogP contribution is -2.20. The molecular formula is C20H14Cl2O2. The van der Waals surface area contributed by atoms with E-state index in [1.807, 2.05) is 60.7 Å². The molecule has 0 N–H and O–H groups in total. The molecule has 0 aliphatic carbocycles. The summed E-state index contributed by atoms with van der Waals surface area (Å²) in [5.74, 6) is -0.515. The van der Waals surface area contributed by atoms with Crippen LogP contribution < -0.4 is 4.74 Å². The molecule has 2 nitrogen and oxygen atoms in total. The molecule has 0 saturated heterocycles. The van der Waals surface area contributed by atoms with Crippen LogP contribution in [0.3, 0.4) is 0 Å². The molecular weight excluding hydrogens is 343 g/mol. The topological polar surface area (TPSA) is 26.3 Å². The number of rotatable bonds is 4. The summed E-state index contributed by atoms with van der Waals surface area (Å²) in [7, 11) is 0. The van der Waals surface area contributed by atoms with Crippen molar-refractivity contribution in [1.82, 2.24) is 0 Å². The maximum atomic E-state index is 12.8. The molecule has 0 aliphatic heterocycles. The first-order valence-electron chi connectivity index (χ1n) is 7.42. The predicted molar refractivity (Wildman–Crippen MR) is 96.8 cm³/mol. The number of hydrogen-bond acceptors (Lipinski definition) is 2. The Morgan fingerprint density at radius 3 is 1.79 bits per heavy atom. The van der Waals surface area contributed by atoms with Gasteiger partial charge in [0.15, 0.2) is 0 Å². The fraction of sp³-hybridized carbons (Fsp3) is 0.0500. The molecule has 0 unspecified atom stereocenters. The van der Waals surface area contributed by atoms with Crippen LogP contribution in [0, 0.1) is 0 Å². The van der Waals surface area contributed by atoms with Crippen LogP contribution in [0.2, 0.25) is 10.0 Å². The highest BCUT2D eigenvalue weighted by Crippen LogP contribution is 2.30. The average molecular weight is 357 g/mol. The van der Waals surface area contributed by atoms with Crippen molar-refractivity contribution in [3.05, 3.63) is 100 Å². The van der Waals surface area contributed by atoms with Crippen molar-refractivity contribution in [3.63, 3.8) is 0 Å². The third-order valence-electron chi connectivity index (χ3n) is 3.61. The molecule has 3 rings (SSSR count). The number of esters is 1. The molecule has 0 amide bonds. The van der Waals surface area contributed by atoms with E-state index in [0.717, 1.165) is 11.1 Å². The molecule has 0 aromatic heterocycles. The molecule has 0 aliphatic rings. The third kappa shape index (κ3) is 3.78. The van der Waals surface area contributed by atoms with Crippen molar-refractivity contribution in [2.45, 2.75) is 5.92 Å². The molecule has 4 heteroatoms. The van der Waals surface area contributed by atoms with E-state index in [0.29, 0.717) is 15.8 Å². The lowest BCUT2D eigenvalue weighted by atomic mass is 9.91. The highest BCUT2D eigenvalue weighted by Gasteiger charge is 2.24. The van der Waals surface area contributed by atoms with Gasteiger partial charge in [-0.3, -0.25) is 4.79 Å². The number of carbonyl (C=O) groups is 1. The molecule has 0 bridgehead atoms. The summed E-state index contributed by atoms with van der Waals surface area (Å²) in [5.41, 5.74) is 1.74. The van der Waals surface area contributed by atoms with E-state index in [2.05, 4.69) is 0 Å². The lowest BCUT2D eigenvalue weighted by Gasteiger charge is -2.17. The van der Waals surface area contributed by atoms with Gasteiger partial charge in [0, 0.05) is 6.07 Å². The Morgan fingerprint density at radius 1 is 0.750 bits per heavy atom. The molecule has 0 saturated carbocycles. The number of halogens is 2. The molecule has 3 aromatic rings. The van der Waals surface area contributed by atoms with E-state index < -0.39 is 5.92 Å². The Balaban J connectivity index is 1.93. The molecule has 3 aromatic carbocycles. The Hall–Kier alpha value is -2.29. The van der Waals surface area contributed by atoms with E-state index >= 15 is 0 Å². The molecule has 0 fully saturated rings. The summed E-state index contributed by atoms with van der Waals surface area (Å²) < 4.78 is 5.54. The zero-order chi connectivity index (χ0) is 16.9. The van der Waals surface area contributed by atoms with Gasteiger partial charge < -0.3 is 4.74 Å². The Morgan fingerprint density at radius 2 is 1.29 bits per heavy atom. The van der Waals surface area contributed by atoms with Crippen molar-refractivity contribution in [1.29, 1.82) is 0 Å². The van der Waals surface area contributed by atoms with Crippen molar-refractivity contribution in [2.24, 2.45) is 0 Å². The number of ether oxygens (including phenoxy) is 1. The fourth-order valence-corrected chi connectivity index (χ4v) is 2.76. The van der Waals surface area contributed by atoms with Crippen molar-refractivity contribution < 1.29 is 9.53 Å². The number of benzene rings is 3. The highest BCUT2D eigenvalue weighted by molar-refractivity contribution is 6.42. The monoisotopic (exact) mass is 356 g/mol. The SMILES string of the molecule is O=C(Oc1ccc(Cl)c(Cl)c1)C(c1ccccc1)c1ccccc1. The van der Waals surface area contributed by atoms with E-state index in [1.54, 1.807) is 12.1 Å². The van der Waals surface area contributed by atoms with E-state index in [4.69, 9.17) is 27.9 Å². The number of hydrogen-bond donors (Lipinski definition) is 0. The maximum Gasteiger partial charge on any atom is 0.323 e. The zero-order valence-corrected chi connectivity index (χ0v) is 14.2. The minimum atomic E-state index is -0.512. The zero-order valence-electron chi connectivity index (χ0n) is 12.7. The highest BCUT2D eigenvalue weighted by atomic mass is 35.5. The largest absolute Gasteiger partial charge is 0.426 e. The van der Waals surface area contributed by atoms with Gasteiger partial charge in [-0.2, -0.15) is 0 Å². The van der Waals surface area contributed by atoms with Crippen LogP contribution >= 0.6 is 23.2 Å². The second kappa shape index (κ2) is 7.52. The first kappa shape index (κ1) is 16.6. The standard InChI is InChI=1S/C20H14Cl2O2/c21-17-12-11-16(13-18(17)22)24-20(23)19(14-7-3-1-4-8-14)15-9-5-2-6-10-15/h1-13,19H. The minimum Gasteiger partial charge on any atom is -0.426 e. The van der Waals surface area contributed by atoms with Crippen molar-refractivity contribution >= 4 is 29.2 Å². The Kier molecular flexibility index (Phi) is 5.19. The maximum absolute atomic E-state index is 12.8. The van der Waals surface area contributed by atoms with Crippen LogP contribution in [-0.2, 0) is 4.79 Å². The normalized spacial score (nSPS) is 10.6. The molecule has 24 heavy (non-hydrogen) atoms. The van der Waals surface area contributed by atoms with Gasteiger partial charge in [-0.1, -0.05) is 83.9 Å². The molecule has 0 spiro atoms. The van der Waals surface area contributed by atoms with Crippen LogP contribution in [0.15, 0.2) is 78.9 Å². The second-order valence-corrected chi connectivity index (χ2v) is 6.07. The van der Waals surface area contributed by atoms with Crippen LogP contribution in [0.5, 0.6) is 5.75 Å².